The normalized spacial score (nSPS) is 13.1. The number of benzene rings is 1. The van der Waals surface area contributed by atoms with Gasteiger partial charge in [-0.05, 0) is 25.1 Å². The predicted molar refractivity (Wildman–Crippen MR) is 88.1 cm³/mol. The topological polar surface area (TPSA) is 51.2 Å². The summed E-state index contributed by atoms with van der Waals surface area (Å²) in [5.41, 5.74) is -2.71. The molecular weight excluding hydrogens is 414 g/mol. The van der Waals surface area contributed by atoms with Crippen LogP contribution < -0.4 is 10.1 Å². The van der Waals surface area contributed by atoms with E-state index in [1.807, 2.05) is 0 Å². The van der Waals surface area contributed by atoms with Crippen LogP contribution in [-0.4, -0.2) is 23.5 Å². The van der Waals surface area contributed by atoms with E-state index in [1.165, 1.54) is 13.0 Å². The largest absolute Gasteiger partial charge is 0.474 e. The molecule has 4 nitrogen and oxygen atoms in total. The monoisotopic (exact) mass is 426 g/mol. The first-order valence-electron chi connectivity index (χ1n) is 7.72. The van der Waals surface area contributed by atoms with E-state index in [2.05, 4.69) is 10.3 Å². The molecule has 1 amide bonds. The Balaban J connectivity index is 2.02. The molecule has 0 aliphatic carbocycles. The van der Waals surface area contributed by atoms with Gasteiger partial charge in [0.2, 0.25) is 5.88 Å². The highest BCUT2D eigenvalue weighted by Crippen LogP contribution is 2.33. The summed E-state index contributed by atoms with van der Waals surface area (Å²) >= 11 is 5.69. The molecule has 0 saturated heterocycles. The molecular formula is C17H13ClF6N2O2. The summed E-state index contributed by atoms with van der Waals surface area (Å²) in [5, 5.41) is 1.93. The Morgan fingerprint density at radius 3 is 2.39 bits per heavy atom. The summed E-state index contributed by atoms with van der Waals surface area (Å²) in [5.74, 6) is -1.28. The number of hydrogen-bond acceptors (Lipinski definition) is 3. The van der Waals surface area contributed by atoms with Gasteiger partial charge in [0.05, 0.1) is 22.7 Å². The van der Waals surface area contributed by atoms with Crippen molar-refractivity contribution < 1.29 is 35.9 Å². The highest BCUT2D eigenvalue weighted by molar-refractivity contribution is 6.31. The smallest absolute Gasteiger partial charge is 0.417 e. The van der Waals surface area contributed by atoms with E-state index in [4.69, 9.17) is 16.3 Å². The third kappa shape index (κ3) is 5.51. The zero-order chi connectivity index (χ0) is 21.1. The quantitative estimate of drug-likeness (QED) is 0.687. The molecule has 0 bridgehead atoms. The number of aromatic nitrogens is 1. The number of ether oxygens (including phenoxy) is 1. The van der Waals surface area contributed by atoms with Crippen LogP contribution in [0.25, 0.3) is 0 Å². The third-order valence-electron chi connectivity index (χ3n) is 3.46. The van der Waals surface area contributed by atoms with Gasteiger partial charge >= 0.3 is 12.4 Å². The van der Waals surface area contributed by atoms with E-state index in [1.54, 1.807) is 0 Å². The molecule has 11 heteroatoms. The Morgan fingerprint density at radius 1 is 1.18 bits per heavy atom. The van der Waals surface area contributed by atoms with Crippen molar-refractivity contribution in [3.63, 3.8) is 0 Å². The fourth-order valence-electron chi connectivity index (χ4n) is 2.16. The van der Waals surface area contributed by atoms with Gasteiger partial charge in [0.1, 0.15) is 11.6 Å². The summed E-state index contributed by atoms with van der Waals surface area (Å²) in [6.45, 7) is 1.16. The van der Waals surface area contributed by atoms with Crippen LogP contribution in [0.5, 0.6) is 5.88 Å². The van der Waals surface area contributed by atoms with E-state index in [-0.39, 0.29) is 12.5 Å². The molecule has 152 valence electrons. The van der Waals surface area contributed by atoms with Gasteiger partial charge in [-0.1, -0.05) is 23.7 Å². The van der Waals surface area contributed by atoms with Gasteiger partial charge < -0.3 is 10.1 Å². The summed E-state index contributed by atoms with van der Waals surface area (Å²) in [4.78, 5) is 15.6. The minimum Gasteiger partial charge on any atom is -0.474 e. The number of amides is 1. The molecule has 1 heterocycles. The summed E-state index contributed by atoms with van der Waals surface area (Å²) in [6, 6.07) is 4.10. The number of nitrogens with one attached hydrogen (secondary N) is 1. The van der Waals surface area contributed by atoms with Crippen LogP contribution in [0.3, 0.4) is 0 Å². The maximum Gasteiger partial charge on any atom is 0.417 e. The molecule has 1 N–H and O–H groups in total. The fraction of sp³-hybridized carbons (Fsp3) is 0.294. The second-order valence-corrected chi connectivity index (χ2v) is 6.14. The van der Waals surface area contributed by atoms with Gasteiger partial charge in [-0.25, -0.2) is 4.98 Å². The minimum atomic E-state index is -4.70. The molecule has 2 rings (SSSR count). The molecule has 1 atom stereocenters. The minimum absolute atomic E-state index is 0.280. The van der Waals surface area contributed by atoms with Crippen LogP contribution >= 0.6 is 11.6 Å². The lowest BCUT2D eigenvalue weighted by Gasteiger charge is -2.17. The molecule has 2 aromatic rings. The average Bonchev–Trinajstić information content (AvgIpc) is 2.59. The van der Waals surface area contributed by atoms with Crippen molar-refractivity contribution in [1.82, 2.24) is 10.3 Å². The van der Waals surface area contributed by atoms with E-state index in [0.717, 1.165) is 18.2 Å². The molecule has 0 radical (unpaired) electrons. The predicted octanol–water partition coefficient (Wildman–Crippen LogP) is 4.97. The number of halogens is 7. The van der Waals surface area contributed by atoms with Crippen LogP contribution in [0.2, 0.25) is 5.02 Å². The molecule has 0 spiro atoms. The average molecular weight is 427 g/mol. The molecule has 28 heavy (non-hydrogen) atoms. The zero-order valence-corrected chi connectivity index (χ0v) is 14.9. The van der Waals surface area contributed by atoms with Gasteiger partial charge in [-0.2, -0.15) is 26.3 Å². The van der Waals surface area contributed by atoms with Gasteiger partial charge in [0.25, 0.3) is 5.91 Å². The van der Waals surface area contributed by atoms with Crippen LogP contribution in [0.4, 0.5) is 26.3 Å². The van der Waals surface area contributed by atoms with Gasteiger partial charge in [0.15, 0.2) is 0 Å². The lowest BCUT2D eigenvalue weighted by atomic mass is 10.1. The number of pyridine rings is 1. The first-order chi connectivity index (χ1) is 12.9. The maximum atomic E-state index is 13.0. The lowest BCUT2D eigenvalue weighted by Crippen LogP contribution is -2.37. The van der Waals surface area contributed by atoms with Crippen LogP contribution in [0.1, 0.15) is 28.4 Å². The van der Waals surface area contributed by atoms with E-state index < -0.39 is 46.0 Å². The van der Waals surface area contributed by atoms with E-state index in [0.29, 0.717) is 12.3 Å². The second-order valence-electron chi connectivity index (χ2n) is 5.74. The van der Waals surface area contributed by atoms with Crippen LogP contribution in [0, 0.1) is 0 Å². The first kappa shape index (κ1) is 21.8. The molecule has 0 unspecified atom stereocenters. The van der Waals surface area contributed by atoms with Crippen molar-refractivity contribution in [2.75, 3.05) is 6.61 Å². The molecule has 1 aromatic heterocycles. The standard InChI is InChI=1S/C17H13ClF6N2O2/c1-9(8-28-15-13(18)6-10(7-25-15)16(19,20)21)26-14(27)11-4-2-3-5-12(11)17(22,23)24/h2-7,9H,8H2,1H3,(H,26,27)/t9-/m0/s1. The van der Waals surface area contributed by atoms with Crippen molar-refractivity contribution in [1.29, 1.82) is 0 Å². The highest BCUT2D eigenvalue weighted by Gasteiger charge is 2.35. The van der Waals surface area contributed by atoms with Crippen molar-refractivity contribution in [2.45, 2.75) is 25.3 Å². The number of alkyl halides is 6. The lowest BCUT2D eigenvalue weighted by molar-refractivity contribution is -0.138. The van der Waals surface area contributed by atoms with E-state index in [9.17, 15) is 31.1 Å². The maximum absolute atomic E-state index is 13.0. The van der Waals surface area contributed by atoms with E-state index >= 15 is 0 Å². The van der Waals surface area contributed by atoms with Crippen molar-refractivity contribution >= 4 is 17.5 Å². The Labute approximate surface area is 160 Å². The number of nitrogens with zero attached hydrogens (tertiary/aromatic N) is 1. The molecule has 1 aromatic carbocycles. The summed E-state index contributed by atoms with van der Waals surface area (Å²) in [6.07, 6.45) is -8.79. The van der Waals surface area contributed by atoms with Crippen molar-refractivity contribution in [2.24, 2.45) is 0 Å². The molecule has 0 aliphatic heterocycles. The van der Waals surface area contributed by atoms with Crippen molar-refractivity contribution in [3.8, 4) is 5.88 Å². The van der Waals surface area contributed by atoms with Gasteiger partial charge in [0, 0.05) is 6.20 Å². The first-order valence-corrected chi connectivity index (χ1v) is 8.10. The Morgan fingerprint density at radius 2 is 1.82 bits per heavy atom. The van der Waals surface area contributed by atoms with Gasteiger partial charge in [-0.3, -0.25) is 4.79 Å². The number of hydrogen-bond donors (Lipinski definition) is 1. The SMILES string of the molecule is C[C@@H](COc1ncc(C(F)(F)F)cc1Cl)NC(=O)c1ccccc1C(F)(F)F. The number of rotatable bonds is 5. The molecule has 0 saturated carbocycles. The number of carbonyl (C=O) groups is 1. The third-order valence-corrected chi connectivity index (χ3v) is 3.73. The Kier molecular flexibility index (Phi) is 6.43. The van der Waals surface area contributed by atoms with Crippen molar-refractivity contribution in [3.05, 3.63) is 58.2 Å². The zero-order valence-electron chi connectivity index (χ0n) is 14.2. The highest BCUT2D eigenvalue weighted by atomic mass is 35.5. The Bertz CT molecular complexity index is 854. The molecule has 0 aliphatic rings. The summed E-state index contributed by atoms with van der Waals surface area (Å²) < 4.78 is 81.8. The van der Waals surface area contributed by atoms with Gasteiger partial charge in [-0.15, -0.1) is 0 Å². The Hall–Kier alpha value is -2.49. The molecule has 0 fully saturated rings. The number of carbonyl (C=O) groups excluding carboxylic acids is 1. The second kappa shape index (κ2) is 8.26. The van der Waals surface area contributed by atoms with Crippen LogP contribution in [0.15, 0.2) is 36.5 Å². The van der Waals surface area contributed by atoms with Crippen LogP contribution in [-0.2, 0) is 12.4 Å². The summed E-state index contributed by atoms with van der Waals surface area (Å²) in [7, 11) is 0. The fourth-order valence-corrected chi connectivity index (χ4v) is 2.38.